The Morgan fingerprint density at radius 1 is 1.25 bits per heavy atom. The van der Waals surface area contributed by atoms with E-state index in [0.717, 1.165) is 5.56 Å². The van der Waals surface area contributed by atoms with Gasteiger partial charge in [-0.25, -0.2) is 4.98 Å². The number of pyridine rings is 1. The Balaban J connectivity index is 1.61. The molecule has 0 saturated heterocycles. The SMILES string of the molecule is CN(C)C(CNc1ccc(C(=O)Nc2cccc(Cl)c2)cn1)c1cnn(C)c1. The number of halogens is 1. The first kappa shape index (κ1) is 19.9. The van der Waals surface area contributed by atoms with Gasteiger partial charge in [-0.3, -0.25) is 9.48 Å². The number of anilines is 2. The van der Waals surface area contributed by atoms with Gasteiger partial charge in [0.05, 0.1) is 17.8 Å². The summed E-state index contributed by atoms with van der Waals surface area (Å²) in [6.07, 6.45) is 5.42. The molecule has 3 aromatic rings. The molecule has 3 rings (SSSR count). The lowest BCUT2D eigenvalue weighted by Crippen LogP contribution is -2.26. The zero-order chi connectivity index (χ0) is 20.1. The van der Waals surface area contributed by atoms with Crippen molar-refractivity contribution < 1.29 is 4.79 Å². The van der Waals surface area contributed by atoms with E-state index >= 15 is 0 Å². The van der Waals surface area contributed by atoms with Crippen LogP contribution in [-0.2, 0) is 7.05 Å². The predicted octanol–water partition coefficient (Wildman–Crippen LogP) is 3.44. The lowest BCUT2D eigenvalue weighted by atomic mass is 10.1. The van der Waals surface area contributed by atoms with Gasteiger partial charge in [-0.1, -0.05) is 17.7 Å². The summed E-state index contributed by atoms with van der Waals surface area (Å²) in [7, 11) is 5.95. The fourth-order valence-corrected chi connectivity index (χ4v) is 3.00. The van der Waals surface area contributed by atoms with Gasteiger partial charge in [-0.2, -0.15) is 5.10 Å². The smallest absolute Gasteiger partial charge is 0.257 e. The summed E-state index contributed by atoms with van der Waals surface area (Å²) in [4.78, 5) is 18.8. The number of nitrogens with zero attached hydrogens (tertiary/aromatic N) is 4. The summed E-state index contributed by atoms with van der Waals surface area (Å²) >= 11 is 5.94. The quantitative estimate of drug-likeness (QED) is 0.637. The van der Waals surface area contributed by atoms with Crippen molar-refractivity contribution in [3.8, 4) is 0 Å². The monoisotopic (exact) mass is 398 g/mol. The first-order valence-corrected chi connectivity index (χ1v) is 9.22. The highest BCUT2D eigenvalue weighted by Gasteiger charge is 2.16. The zero-order valence-electron chi connectivity index (χ0n) is 16.1. The number of rotatable bonds is 7. The van der Waals surface area contributed by atoms with Crippen molar-refractivity contribution in [2.45, 2.75) is 6.04 Å². The summed E-state index contributed by atoms with van der Waals surface area (Å²) in [6.45, 7) is 0.666. The number of amides is 1. The van der Waals surface area contributed by atoms with E-state index in [4.69, 9.17) is 11.6 Å². The van der Waals surface area contributed by atoms with Gasteiger partial charge in [0.1, 0.15) is 5.82 Å². The molecule has 8 heteroatoms. The van der Waals surface area contributed by atoms with Crippen LogP contribution in [0, 0.1) is 0 Å². The van der Waals surface area contributed by atoms with Crippen molar-refractivity contribution in [3.05, 3.63) is 71.1 Å². The van der Waals surface area contributed by atoms with Crippen LogP contribution in [0.1, 0.15) is 22.0 Å². The van der Waals surface area contributed by atoms with Crippen molar-refractivity contribution in [1.29, 1.82) is 0 Å². The minimum Gasteiger partial charge on any atom is -0.368 e. The van der Waals surface area contributed by atoms with Crippen molar-refractivity contribution >= 4 is 29.0 Å². The molecule has 1 aromatic carbocycles. The average molecular weight is 399 g/mol. The number of aryl methyl sites for hydroxylation is 1. The van der Waals surface area contributed by atoms with E-state index in [0.29, 0.717) is 28.6 Å². The summed E-state index contributed by atoms with van der Waals surface area (Å²) in [5.74, 6) is 0.470. The minimum atomic E-state index is -0.233. The van der Waals surface area contributed by atoms with Gasteiger partial charge in [0, 0.05) is 42.3 Å². The molecule has 2 aromatic heterocycles. The van der Waals surface area contributed by atoms with Gasteiger partial charge in [-0.15, -0.1) is 0 Å². The third-order valence-electron chi connectivity index (χ3n) is 4.32. The van der Waals surface area contributed by atoms with Gasteiger partial charge in [-0.05, 0) is 44.4 Å². The Morgan fingerprint density at radius 2 is 2.07 bits per heavy atom. The number of hydrogen-bond acceptors (Lipinski definition) is 5. The van der Waals surface area contributed by atoms with Crippen LogP contribution in [0.4, 0.5) is 11.5 Å². The summed E-state index contributed by atoms with van der Waals surface area (Å²) < 4.78 is 1.79. The second kappa shape index (κ2) is 8.86. The maximum Gasteiger partial charge on any atom is 0.257 e. The Hall–Kier alpha value is -2.90. The van der Waals surface area contributed by atoms with Crippen LogP contribution in [0.15, 0.2) is 55.0 Å². The lowest BCUT2D eigenvalue weighted by molar-refractivity contribution is 0.102. The molecule has 2 N–H and O–H groups in total. The second-order valence-corrected chi connectivity index (χ2v) is 7.14. The topological polar surface area (TPSA) is 75.1 Å². The van der Waals surface area contributed by atoms with Crippen molar-refractivity contribution in [2.75, 3.05) is 31.3 Å². The Kier molecular flexibility index (Phi) is 6.28. The Labute approximate surface area is 169 Å². The van der Waals surface area contributed by atoms with Crippen LogP contribution in [-0.4, -0.2) is 46.2 Å². The molecule has 0 saturated carbocycles. The molecule has 0 radical (unpaired) electrons. The molecule has 0 aliphatic rings. The maximum atomic E-state index is 12.3. The highest BCUT2D eigenvalue weighted by Crippen LogP contribution is 2.19. The summed E-state index contributed by atoms with van der Waals surface area (Å²) in [5, 5.41) is 10.9. The maximum absolute atomic E-state index is 12.3. The van der Waals surface area contributed by atoms with Crippen LogP contribution in [0.25, 0.3) is 0 Å². The molecule has 0 fully saturated rings. The van der Waals surface area contributed by atoms with Crippen molar-refractivity contribution in [2.24, 2.45) is 7.05 Å². The van der Waals surface area contributed by atoms with E-state index < -0.39 is 0 Å². The number of nitrogens with one attached hydrogen (secondary N) is 2. The van der Waals surface area contributed by atoms with E-state index in [1.165, 1.54) is 0 Å². The van der Waals surface area contributed by atoms with E-state index in [1.807, 2.05) is 33.5 Å². The molecular weight excluding hydrogens is 376 g/mol. The predicted molar refractivity (Wildman–Crippen MR) is 112 cm³/mol. The second-order valence-electron chi connectivity index (χ2n) is 6.70. The molecule has 1 amide bonds. The van der Waals surface area contributed by atoms with Crippen LogP contribution in [0.3, 0.4) is 0 Å². The number of aromatic nitrogens is 3. The highest BCUT2D eigenvalue weighted by atomic mass is 35.5. The number of hydrogen-bond donors (Lipinski definition) is 2. The standard InChI is InChI=1S/C20H23ClN6O/c1-26(2)18(15-11-24-27(3)13-15)12-23-19-8-7-14(10-22-19)20(28)25-17-6-4-5-16(21)9-17/h4-11,13,18H,12H2,1-3H3,(H,22,23)(H,25,28). The van der Waals surface area contributed by atoms with E-state index in [2.05, 4.69) is 25.6 Å². The number of carbonyl (C=O) groups is 1. The van der Waals surface area contributed by atoms with Crippen molar-refractivity contribution in [1.82, 2.24) is 19.7 Å². The van der Waals surface area contributed by atoms with Crippen LogP contribution < -0.4 is 10.6 Å². The van der Waals surface area contributed by atoms with E-state index in [1.54, 1.807) is 47.3 Å². The van der Waals surface area contributed by atoms with E-state index in [9.17, 15) is 4.79 Å². The van der Waals surface area contributed by atoms with E-state index in [-0.39, 0.29) is 11.9 Å². The fourth-order valence-electron chi connectivity index (χ4n) is 2.81. The molecule has 2 heterocycles. The molecule has 1 atom stereocenters. The third kappa shape index (κ3) is 5.09. The normalized spacial score (nSPS) is 12.0. The van der Waals surface area contributed by atoms with Crippen LogP contribution >= 0.6 is 11.6 Å². The lowest BCUT2D eigenvalue weighted by Gasteiger charge is -2.23. The molecule has 0 aliphatic heterocycles. The molecule has 0 bridgehead atoms. The van der Waals surface area contributed by atoms with Gasteiger partial charge < -0.3 is 15.5 Å². The van der Waals surface area contributed by atoms with Gasteiger partial charge in [0.15, 0.2) is 0 Å². The molecule has 0 spiro atoms. The minimum absolute atomic E-state index is 0.154. The number of benzene rings is 1. The number of likely N-dealkylation sites (N-methyl/N-ethyl adjacent to an activating group) is 1. The Morgan fingerprint density at radius 3 is 2.68 bits per heavy atom. The first-order valence-electron chi connectivity index (χ1n) is 8.84. The molecule has 28 heavy (non-hydrogen) atoms. The Bertz CT molecular complexity index is 938. The highest BCUT2D eigenvalue weighted by molar-refractivity contribution is 6.30. The number of carbonyl (C=O) groups excluding carboxylic acids is 1. The molecule has 7 nitrogen and oxygen atoms in total. The zero-order valence-corrected chi connectivity index (χ0v) is 16.8. The summed E-state index contributed by atoms with van der Waals surface area (Å²) in [5.41, 5.74) is 2.24. The van der Waals surface area contributed by atoms with Gasteiger partial charge in [0.25, 0.3) is 5.91 Å². The largest absolute Gasteiger partial charge is 0.368 e. The fraction of sp³-hybridized carbons (Fsp3) is 0.250. The van der Waals surface area contributed by atoms with Gasteiger partial charge >= 0.3 is 0 Å². The third-order valence-corrected chi connectivity index (χ3v) is 4.55. The molecule has 146 valence electrons. The van der Waals surface area contributed by atoms with Crippen molar-refractivity contribution in [3.63, 3.8) is 0 Å². The van der Waals surface area contributed by atoms with Gasteiger partial charge in [0.2, 0.25) is 0 Å². The molecule has 1 unspecified atom stereocenters. The first-order chi connectivity index (χ1) is 13.4. The average Bonchev–Trinajstić information content (AvgIpc) is 3.08. The summed E-state index contributed by atoms with van der Waals surface area (Å²) in [6, 6.07) is 10.7. The molecular formula is C20H23ClN6O. The molecule has 0 aliphatic carbocycles. The van der Waals surface area contributed by atoms with Crippen LogP contribution in [0.2, 0.25) is 5.02 Å². The van der Waals surface area contributed by atoms with Crippen LogP contribution in [0.5, 0.6) is 0 Å².